The molecule has 0 unspecified atom stereocenters. The highest BCUT2D eigenvalue weighted by molar-refractivity contribution is 5.95. The standard InChI is InChI=1S/C18H18N4O4/c23-18(15-4-2-1-3-5-15)20-19-13-14-6-7-16(17(12-14)22(24)25)21-8-10-26-11-9-21/h1-7,12-13H,8-11H2,(H,20,23)/b19-13-. The lowest BCUT2D eigenvalue weighted by molar-refractivity contribution is -0.384. The van der Waals surface area contributed by atoms with Gasteiger partial charge in [-0.2, -0.15) is 5.10 Å². The van der Waals surface area contributed by atoms with Crippen molar-refractivity contribution < 1.29 is 14.5 Å². The van der Waals surface area contributed by atoms with Crippen LogP contribution in [-0.4, -0.2) is 43.3 Å². The molecule has 0 spiro atoms. The summed E-state index contributed by atoms with van der Waals surface area (Å²) in [6.45, 7) is 2.32. The number of nitro benzene ring substituents is 1. The molecular formula is C18H18N4O4. The van der Waals surface area contributed by atoms with Crippen LogP contribution in [0.3, 0.4) is 0 Å². The van der Waals surface area contributed by atoms with E-state index in [9.17, 15) is 14.9 Å². The number of nitrogens with one attached hydrogen (secondary N) is 1. The molecule has 0 aromatic heterocycles. The van der Waals surface area contributed by atoms with E-state index in [2.05, 4.69) is 10.5 Å². The lowest BCUT2D eigenvalue weighted by atomic mass is 10.1. The largest absolute Gasteiger partial charge is 0.378 e. The molecule has 2 aromatic carbocycles. The second-order valence-corrected chi connectivity index (χ2v) is 5.67. The second-order valence-electron chi connectivity index (χ2n) is 5.67. The molecule has 2 aromatic rings. The highest BCUT2D eigenvalue weighted by Crippen LogP contribution is 2.29. The van der Waals surface area contributed by atoms with Crippen molar-refractivity contribution >= 4 is 23.5 Å². The molecule has 8 nitrogen and oxygen atoms in total. The zero-order chi connectivity index (χ0) is 18.4. The van der Waals surface area contributed by atoms with Crippen LogP contribution in [0.15, 0.2) is 53.6 Å². The first-order chi connectivity index (χ1) is 12.6. The smallest absolute Gasteiger partial charge is 0.293 e. The van der Waals surface area contributed by atoms with Crippen LogP contribution in [0.5, 0.6) is 0 Å². The number of ether oxygens (including phenoxy) is 1. The zero-order valence-corrected chi connectivity index (χ0v) is 14.0. The summed E-state index contributed by atoms with van der Waals surface area (Å²) in [6.07, 6.45) is 1.39. The summed E-state index contributed by atoms with van der Waals surface area (Å²) in [6, 6.07) is 13.6. The molecule has 1 saturated heterocycles. The molecule has 26 heavy (non-hydrogen) atoms. The van der Waals surface area contributed by atoms with Crippen molar-refractivity contribution in [1.82, 2.24) is 5.43 Å². The Morgan fingerprint density at radius 1 is 1.19 bits per heavy atom. The van der Waals surface area contributed by atoms with E-state index in [-0.39, 0.29) is 11.6 Å². The molecule has 1 aliphatic rings. The van der Waals surface area contributed by atoms with Crippen LogP contribution in [0.1, 0.15) is 15.9 Å². The Bertz CT molecular complexity index is 817. The summed E-state index contributed by atoms with van der Waals surface area (Å²) < 4.78 is 5.28. The van der Waals surface area contributed by atoms with Crippen molar-refractivity contribution in [2.45, 2.75) is 0 Å². The maximum atomic E-state index is 11.9. The fourth-order valence-corrected chi connectivity index (χ4v) is 2.66. The third-order valence-corrected chi connectivity index (χ3v) is 3.96. The van der Waals surface area contributed by atoms with E-state index in [1.54, 1.807) is 36.4 Å². The van der Waals surface area contributed by atoms with E-state index in [4.69, 9.17) is 4.74 Å². The molecule has 0 bridgehead atoms. The molecule has 1 amide bonds. The maximum absolute atomic E-state index is 11.9. The fraction of sp³-hybridized carbons (Fsp3) is 0.222. The molecular weight excluding hydrogens is 336 g/mol. The van der Waals surface area contributed by atoms with E-state index in [0.717, 1.165) is 0 Å². The van der Waals surface area contributed by atoms with Crippen LogP contribution < -0.4 is 10.3 Å². The maximum Gasteiger partial charge on any atom is 0.293 e. The predicted molar refractivity (Wildman–Crippen MR) is 97.6 cm³/mol. The molecule has 3 rings (SSSR count). The number of nitrogens with zero attached hydrogens (tertiary/aromatic N) is 3. The number of morpholine rings is 1. The number of nitro groups is 1. The molecule has 1 fully saturated rings. The normalized spacial score (nSPS) is 14.4. The topological polar surface area (TPSA) is 97.1 Å². The van der Waals surface area contributed by atoms with Gasteiger partial charge in [0.1, 0.15) is 5.69 Å². The Balaban J connectivity index is 1.73. The van der Waals surface area contributed by atoms with Crippen molar-refractivity contribution in [2.75, 3.05) is 31.2 Å². The number of hydrogen-bond acceptors (Lipinski definition) is 6. The van der Waals surface area contributed by atoms with Crippen molar-refractivity contribution in [3.8, 4) is 0 Å². The lowest BCUT2D eigenvalue weighted by Gasteiger charge is -2.28. The summed E-state index contributed by atoms with van der Waals surface area (Å²) in [5, 5.41) is 15.3. The Hall–Kier alpha value is -3.26. The van der Waals surface area contributed by atoms with Crippen LogP contribution in [0, 0.1) is 10.1 Å². The predicted octanol–water partition coefficient (Wildman–Crippen LogP) is 2.20. The Morgan fingerprint density at radius 3 is 2.62 bits per heavy atom. The minimum atomic E-state index is -0.412. The van der Waals surface area contributed by atoms with Gasteiger partial charge in [0.2, 0.25) is 0 Å². The SMILES string of the molecule is O=C(N/N=C\c1ccc(N2CCOCC2)c([N+](=O)[O-])c1)c1ccccc1. The first kappa shape index (κ1) is 17.6. The van der Waals surface area contributed by atoms with Gasteiger partial charge >= 0.3 is 0 Å². The molecule has 0 atom stereocenters. The van der Waals surface area contributed by atoms with Crippen LogP contribution in [0.25, 0.3) is 0 Å². The number of anilines is 1. The molecule has 134 valence electrons. The second kappa shape index (κ2) is 8.21. The number of benzene rings is 2. The van der Waals surface area contributed by atoms with Gasteiger partial charge in [-0.15, -0.1) is 0 Å². The minimum absolute atomic E-state index is 0.00485. The van der Waals surface area contributed by atoms with Crippen LogP contribution in [0.4, 0.5) is 11.4 Å². The summed E-state index contributed by atoms with van der Waals surface area (Å²) in [5.41, 5.74) is 3.99. The van der Waals surface area contributed by atoms with Crippen molar-refractivity contribution in [2.24, 2.45) is 5.10 Å². The van der Waals surface area contributed by atoms with Crippen LogP contribution >= 0.6 is 0 Å². The van der Waals surface area contributed by atoms with Gasteiger partial charge in [0, 0.05) is 30.3 Å². The molecule has 1 N–H and O–H groups in total. The quantitative estimate of drug-likeness (QED) is 0.504. The van der Waals surface area contributed by atoms with Crippen molar-refractivity contribution in [3.05, 3.63) is 69.8 Å². The first-order valence-electron chi connectivity index (χ1n) is 8.15. The van der Waals surface area contributed by atoms with Crippen LogP contribution in [0.2, 0.25) is 0 Å². The molecule has 1 aliphatic heterocycles. The van der Waals surface area contributed by atoms with Gasteiger partial charge < -0.3 is 9.64 Å². The third-order valence-electron chi connectivity index (χ3n) is 3.96. The number of rotatable bonds is 5. The first-order valence-corrected chi connectivity index (χ1v) is 8.15. The van der Waals surface area contributed by atoms with Crippen molar-refractivity contribution in [1.29, 1.82) is 0 Å². The Labute approximate surface area is 150 Å². The highest BCUT2D eigenvalue weighted by Gasteiger charge is 2.21. The van der Waals surface area contributed by atoms with Gasteiger partial charge in [0.05, 0.1) is 24.4 Å². The Kier molecular flexibility index (Phi) is 5.55. The molecule has 8 heteroatoms. The average Bonchev–Trinajstić information content (AvgIpc) is 2.69. The molecule has 0 saturated carbocycles. The van der Waals surface area contributed by atoms with E-state index >= 15 is 0 Å². The summed E-state index contributed by atoms with van der Waals surface area (Å²) in [4.78, 5) is 24.9. The van der Waals surface area contributed by atoms with Gasteiger partial charge in [-0.05, 0) is 18.2 Å². The summed E-state index contributed by atoms with van der Waals surface area (Å²) >= 11 is 0. The molecule has 0 aliphatic carbocycles. The van der Waals surface area contributed by atoms with Crippen molar-refractivity contribution in [3.63, 3.8) is 0 Å². The highest BCUT2D eigenvalue weighted by atomic mass is 16.6. The van der Waals surface area contributed by atoms with E-state index in [1.165, 1.54) is 12.3 Å². The number of hydrogen-bond donors (Lipinski definition) is 1. The van der Waals surface area contributed by atoms with Gasteiger partial charge in [-0.25, -0.2) is 5.43 Å². The number of carbonyl (C=O) groups excluding carboxylic acids is 1. The molecule has 0 radical (unpaired) electrons. The monoisotopic (exact) mass is 354 g/mol. The van der Waals surface area contributed by atoms with E-state index in [0.29, 0.717) is 43.1 Å². The average molecular weight is 354 g/mol. The van der Waals surface area contributed by atoms with Gasteiger partial charge in [-0.1, -0.05) is 24.3 Å². The lowest BCUT2D eigenvalue weighted by Crippen LogP contribution is -2.36. The van der Waals surface area contributed by atoms with Gasteiger partial charge in [0.25, 0.3) is 11.6 Å². The summed E-state index contributed by atoms with van der Waals surface area (Å²) in [5.74, 6) is -0.346. The van der Waals surface area contributed by atoms with Crippen LogP contribution in [-0.2, 0) is 4.74 Å². The van der Waals surface area contributed by atoms with Gasteiger partial charge in [-0.3, -0.25) is 14.9 Å². The fourth-order valence-electron chi connectivity index (χ4n) is 2.66. The minimum Gasteiger partial charge on any atom is -0.378 e. The number of hydrazone groups is 1. The third kappa shape index (κ3) is 4.22. The summed E-state index contributed by atoms with van der Waals surface area (Å²) in [7, 11) is 0. The van der Waals surface area contributed by atoms with E-state index in [1.807, 2.05) is 11.0 Å². The molecule has 1 heterocycles. The van der Waals surface area contributed by atoms with Gasteiger partial charge in [0.15, 0.2) is 0 Å². The Morgan fingerprint density at radius 2 is 1.92 bits per heavy atom. The number of amides is 1. The zero-order valence-electron chi connectivity index (χ0n) is 14.0. The van der Waals surface area contributed by atoms with E-state index < -0.39 is 4.92 Å². The number of carbonyl (C=O) groups is 1.